The molecule has 1 N–H and O–H groups in total. The van der Waals surface area contributed by atoms with Crippen molar-refractivity contribution in [2.24, 2.45) is 0 Å². The van der Waals surface area contributed by atoms with Gasteiger partial charge in [-0.25, -0.2) is 0 Å². The molecule has 0 aliphatic rings. The molecule has 0 saturated heterocycles. The summed E-state index contributed by atoms with van der Waals surface area (Å²) in [5.74, 6) is -0.0805. The van der Waals surface area contributed by atoms with Crippen LogP contribution in [0.3, 0.4) is 0 Å². The summed E-state index contributed by atoms with van der Waals surface area (Å²) in [6.07, 6.45) is 0. The quantitative estimate of drug-likeness (QED) is 0.518. The minimum atomic E-state index is -0.560. The Morgan fingerprint density at radius 3 is 2.77 bits per heavy atom. The molecule has 0 spiro atoms. The van der Waals surface area contributed by atoms with Gasteiger partial charge < -0.3 is 5.11 Å². The topological polar surface area (TPSA) is 37.3 Å². The van der Waals surface area contributed by atoms with Crippen LogP contribution in [-0.4, -0.2) is 16.3 Å². The third-order valence-corrected chi connectivity index (χ3v) is 2.72. The molecule has 1 atom stereocenters. The lowest BCUT2D eigenvalue weighted by molar-refractivity contribution is 0.0990. The molecule has 0 aromatic heterocycles. The highest BCUT2D eigenvalue weighted by Gasteiger charge is 2.15. The van der Waals surface area contributed by atoms with E-state index in [-0.39, 0.29) is 11.5 Å². The molecule has 0 bridgehead atoms. The van der Waals surface area contributed by atoms with Crippen molar-refractivity contribution in [1.82, 2.24) is 0 Å². The van der Waals surface area contributed by atoms with E-state index in [0.717, 1.165) is 3.57 Å². The predicted octanol–water partition coefficient (Wildman–Crippen LogP) is 2.81. The van der Waals surface area contributed by atoms with E-state index in [1.807, 2.05) is 22.6 Å². The molecular weight excluding hydrogens is 302 g/mol. The number of rotatable bonds is 2. The number of Topliss-reactive ketones (excluding diaryl/α,β-unsaturated/α-hetero) is 1. The largest absolute Gasteiger partial charge is 0.508 e. The maximum atomic E-state index is 11.5. The zero-order chi connectivity index (χ0) is 10.0. The number of phenols is 1. The second-order valence-electron chi connectivity index (χ2n) is 2.64. The number of alkyl halides is 1. The molecule has 2 nitrogen and oxygen atoms in total. The van der Waals surface area contributed by atoms with Crippen molar-refractivity contribution >= 4 is 40.0 Å². The standard InChI is InChI=1S/C9H8ClIO2/c1-5(10)9(13)7-4-6(12)2-3-8(7)11/h2-5,12H,1H3. The molecule has 1 aromatic rings. The van der Waals surface area contributed by atoms with Crippen LogP contribution in [0.5, 0.6) is 5.75 Å². The number of benzene rings is 1. The molecule has 0 fully saturated rings. The molecule has 1 aromatic carbocycles. The molecule has 1 unspecified atom stereocenters. The monoisotopic (exact) mass is 310 g/mol. The van der Waals surface area contributed by atoms with Gasteiger partial charge in [-0.15, -0.1) is 11.6 Å². The Kier molecular flexibility index (Phi) is 3.55. The van der Waals surface area contributed by atoms with Crippen molar-refractivity contribution < 1.29 is 9.90 Å². The van der Waals surface area contributed by atoms with E-state index in [0.29, 0.717) is 5.56 Å². The molecule has 0 saturated carbocycles. The van der Waals surface area contributed by atoms with Crippen LogP contribution in [0.25, 0.3) is 0 Å². The van der Waals surface area contributed by atoms with Crippen LogP contribution in [0.2, 0.25) is 0 Å². The van der Waals surface area contributed by atoms with Crippen LogP contribution in [0.1, 0.15) is 17.3 Å². The fourth-order valence-electron chi connectivity index (χ4n) is 0.916. The Morgan fingerprint density at radius 1 is 1.62 bits per heavy atom. The van der Waals surface area contributed by atoms with Gasteiger partial charge >= 0.3 is 0 Å². The van der Waals surface area contributed by atoms with E-state index in [4.69, 9.17) is 16.7 Å². The number of hydrogen-bond donors (Lipinski definition) is 1. The van der Waals surface area contributed by atoms with Gasteiger partial charge in [-0.3, -0.25) is 4.79 Å². The van der Waals surface area contributed by atoms with Crippen molar-refractivity contribution in [3.63, 3.8) is 0 Å². The van der Waals surface area contributed by atoms with Crippen molar-refractivity contribution in [3.8, 4) is 5.75 Å². The third-order valence-electron chi connectivity index (χ3n) is 1.58. The first kappa shape index (κ1) is 10.8. The van der Waals surface area contributed by atoms with Crippen LogP contribution in [0, 0.1) is 3.57 Å². The lowest BCUT2D eigenvalue weighted by Gasteiger charge is -2.05. The second kappa shape index (κ2) is 4.28. The minimum Gasteiger partial charge on any atom is -0.508 e. The highest BCUT2D eigenvalue weighted by Crippen LogP contribution is 2.20. The van der Waals surface area contributed by atoms with Gasteiger partial charge in [-0.1, -0.05) is 0 Å². The number of carbonyl (C=O) groups is 1. The first-order valence-corrected chi connectivity index (χ1v) is 5.20. The van der Waals surface area contributed by atoms with Gasteiger partial charge in [0.25, 0.3) is 0 Å². The number of aromatic hydroxyl groups is 1. The molecular formula is C9H8ClIO2. The number of phenolic OH excluding ortho intramolecular Hbond substituents is 1. The number of carbonyl (C=O) groups excluding carboxylic acids is 1. The lowest BCUT2D eigenvalue weighted by atomic mass is 10.1. The van der Waals surface area contributed by atoms with Crippen molar-refractivity contribution in [2.45, 2.75) is 12.3 Å². The minimum absolute atomic E-state index is 0.0843. The fourth-order valence-corrected chi connectivity index (χ4v) is 1.64. The van der Waals surface area contributed by atoms with Gasteiger partial charge in [0.1, 0.15) is 5.75 Å². The lowest BCUT2D eigenvalue weighted by Crippen LogP contribution is -2.11. The summed E-state index contributed by atoms with van der Waals surface area (Å²) < 4.78 is 0.799. The molecule has 0 heterocycles. The summed E-state index contributed by atoms with van der Waals surface area (Å²) >= 11 is 7.69. The smallest absolute Gasteiger partial charge is 0.181 e. The third kappa shape index (κ3) is 2.57. The van der Waals surface area contributed by atoms with Gasteiger partial charge in [0.15, 0.2) is 5.78 Å². The predicted molar refractivity (Wildman–Crippen MR) is 60.5 cm³/mol. The molecule has 0 aliphatic carbocycles. The van der Waals surface area contributed by atoms with Crippen molar-refractivity contribution in [2.75, 3.05) is 0 Å². The molecule has 0 aliphatic heterocycles. The number of hydrogen-bond acceptors (Lipinski definition) is 2. The van der Waals surface area contributed by atoms with Crippen molar-refractivity contribution in [3.05, 3.63) is 27.3 Å². The molecule has 1 rings (SSSR count). The van der Waals surface area contributed by atoms with E-state index >= 15 is 0 Å². The molecule has 4 heteroatoms. The van der Waals surface area contributed by atoms with Crippen LogP contribution in [-0.2, 0) is 0 Å². The molecule has 0 amide bonds. The zero-order valence-electron chi connectivity index (χ0n) is 6.92. The molecule has 0 radical (unpaired) electrons. The van der Waals surface area contributed by atoms with Crippen molar-refractivity contribution in [1.29, 1.82) is 0 Å². The summed E-state index contributed by atoms with van der Waals surface area (Å²) in [6.45, 7) is 1.62. The van der Waals surface area contributed by atoms with Gasteiger partial charge in [0.05, 0.1) is 5.38 Å². The van der Waals surface area contributed by atoms with Gasteiger partial charge in [-0.05, 0) is 47.7 Å². The fraction of sp³-hybridized carbons (Fsp3) is 0.222. The van der Waals surface area contributed by atoms with E-state index < -0.39 is 5.38 Å². The van der Waals surface area contributed by atoms with E-state index in [1.54, 1.807) is 13.0 Å². The SMILES string of the molecule is CC(Cl)C(=O)c1cc(O)ccc1I. The average molecular weight is 311 g/mol. The van der Waals surface area contributed by atoms with Crippen LogP contribution >= 0.6 is 34.2 Å². The normalized spacial score (nSPS) is 12.5. The van der Waals surface area contributed by atoms with Crippen LogP contribution in [0.4, 0.5) is 0 Å². The summed E-state index contributed by atoms with van der Waals surface area (Å²) in [5, 5.41) is 8.61. The van der Waals surface area contributed by atoms with Crippen LogP contribution < -0.4 is 0 Å². The van der Waals surface area contributed by atoms with Gasteiger partial charge in [-0.2, -0.15) is 0 Å². The number of ketones is 1. The van der Waals surface area contributed by atoms with Gasteiger partial charge in [0.2, 0.25) is 0 Å². The summed E-state index contributed by atoms with van der Waals surface area (Å²) in [4.78, 5) is 11.5. The van der Waals surface area contributed by atoms with E-state index in [2.05, 4.69) is 0 Å². The van der Waals surface area contributed by atoms with Crippen LogP contribution in [0.15, 0.2) is 18.2 Å². The Balaban J connectivity index is 3.13. The highest BCUT2D eigenvalue weighted by atomic mass is 127. The van der Waals surface area contributed by atoms with E-state index in [9.17, 15) is 4.79 Å². The van der Waals surface area contributed by atoms with E-state index in [1.165, 1.54) is 12.1 Å². The van der Waals surface area contributed by atoms with Gasteiger partial charge in [0, 0.05) is 9.13 Å². The Labute approximate surface area is 95.0 Å². The molecule has 70 valence electrons. The molecule has 13 heavy (non-hydrogen) atoms. The second-order valence-corrected chi connectivity index (χ2v) is 4.46. The average Bonchev–Trinajstić information content (AvgIpc) is 2.08. The first-order valence-electron chi connectivity index (χ1n) is 3.69. The summed E-state index contributed by atoms with van der Waals surface area (Å²) in [5.41, 5.74) is 0.475. The Bertz CT molecular complexity index is 336. The highest BCUT2D eigenvalue weighted by molar-refractivity contribution is 14.1. The Morgan fingerprint density at radius 2 is 2.23 bits per heavy atom. The maximum absolute atomic E-state index is 11.5. The maximum Gasteiger partial charge on any atom is 0.181 e. The summed E-state index contributed by atoms with van der Waals surface area (Å²) in [7, 11) is 0. The summed E-state index contributed by atoms with van der Waals surface area (Å²) in [6, 6.07) is 4.66. The first-order chi connectivity index (χ1) is 6.02. The Hall–Kier alpha value is -0.290. The number of halogens is 2. The zero-order valence-corrected chi connectivity index (χ0v) is 9.83.